The highest BCUT2D eigenvalue weighted by Gasteiger charge is 2.14. The largest absolute Gasteiger partial charge is 0.346 e. The number of hydrogen-bond donors (Lipinski definition) is 1. The first-order valence-electron chi connectivity index (χ1n) is 5.85. The number of aromatic amines is 1. The predicted molar refractivity (Wildman–Crippen MR) is 73.6 cm³/mol. The molecular formula is C14H15FN2S. The summed E-state index contributed by atoms with van der Waals surface area (Å²) < 4.78 is 14.2. The van der Waals surface area contributed by atoms with Crippen LogP contribution in [0.1, 0.15) is 30.9 Å². The molecule has 1 N–H and O–H groups in total. The summed E-state index contributed by atoms with van der Waals surface area (Å²) in [5.74, 6) is 0.0263. The predicted octanol–water partition coefficient (Wildman–Crippen LogP) is 4.38. The van der Waals surface area contributed by atoms with E-state index in [2.05, 4.69) is 23.8 Å². The third kappa shape index (κ3) is 2.20. The van der Waals surface area contributed by atoms with E-state index in [1.807, 2.05) is 6.07 Å². The smallest absolute Gasteiger partial charge is 0.133 e. The molecule has 0 bridgehead atoms. The second-order valence-electron chi connectivity index (χ2n) is 4.56. The number of rotatable bonds is 2. The van der Waals surface area contributed by atoms with Crippen LogP contribution in [0.4, 0.5) is 4.39 Å². The third-order valence-electron chi connectivity index (χ3n) is 3.00. The van der Waals surface area contributed by atoms with Gasteiger partial charge in [0.2, 0.25) is 0 Å². The van der Waals surface area contributed by atoms with Crippen molar-refractivity contribution in [3.8, 4) is 11.3 Å². The van der Waals surface area contributed by atoms with Crippen LogP contribution in [0.25, 0.3) is 11.3 Å². The number of nitrogens with zero attached hydrogens (tertiary/aromatic N) is 1. The Kier molecular flexibility index (Phi) is 3.57. The zero-order valence-electron chi connectivity index (χ0n) is 10.6. The van der Waals surface area contributed by atoms with Gasteiger partial charge in [-0.25, -0.2) is 9.37 Å². The van der Waals surface area contributed by atoms with E-state index in [1.165, 1.54) is 6.07 Å². The molecule has 0 aliphatic carbocycles. The Morgan fingerprint density at radius 2 is 2.06 bits per heavy atom. The van der Waals surface area contributed by atoms with Crippen LogP contribution in [-0.2, 0) is 0 Å². The Morgan fingerprint density at radius 1 is 1.33 bits per heavy atom. The molecule has 0 atom stereocenters. The monoisotopic (exact) mass is 262 g/mol. The van der Waals surface area contributed by atoms with Gasteiger partial charge in [0.05, 0.1) is 12.0 Å². The molecule has 94 valence electrons. The molecule has 1 heterocycles. The SMILES string of the molecule is Cc1c(F)cccc1-c1[nH]cnc(=S)c1C(C)C. The molecule has 0 spiro atoms. The number of benzene rings is 1. The van der Waals surface area contributed by atoms with Gasteiger partial charge in [0.25, 0.3) is 0 Å². The molecule has 2 nitrogen and oxygen atoms in total. The molecular weight excluding hydrogens is 247 g/mol. The van der Waals surface area contributed by atoms with E-state index < -0.39 is 0 Å². The molecule has 0 fully saturated rings. The number of H-pyrrole nitrogens is 1. The summed E-state index contributed by atoms with van der Waals surface area (Å²) in [6.45, 7) is 5.88. The number of hydrogen-bond acceptors (Lipinski definition) is 2. The lowest BCUT2D eigenvalue weighted by Gasteiger charge is -2.14. The molecule has 0 aliphatic rings. The van der Waals surface area contributed by atoms with Crippen molar-refractivity contribution in [1.29, 1.82) is 0 Å². The van der Waals surface area contributed by atoms with Gasteiger partial charge >= 0.3 is 0 Å². The van der Waals surface area contributed by atoms with Crippen molar-refractivity contribution in [2.24, 2.45) is 0 Å². The minimum atomic E-state index is -0.210. The second-order valence-corrected chi connectivity index (χ2v) is 4.95. The molecule has 1 aromatic carbocycles. The van der Waals surface area contributed by atoms with Crippen molar-refractivity contribution in [3.05, 3.63) is 46.1 Å². The molecule has 1 aromatic heterocycles. The van der Waals surface area contributed by atoms with Gasteiger partial charge in [-0.15, -0.1) is 0 Å². The summed E-state index contributed by atoms with van der Waals surface area (Å²) >= 11 is 5.27. The molecule has 0 saturated heterocycles. The molecule has 0 unspecified atom stereocenters. The average molecular weight is 262 g/mol. The average Bonchev–Trinajstić information content (AvgIpc) is 2.32. The van der Waals surface area contributed by atoms with Crippen molar-refractivity contribution in [3.63, 3.8) is 0 Å². The maximum atomic E-state index is 13.6. The Bertz CT molecular complexity index is 632. The van der Waals surface area contributed by atoms with E-state index in [1.54, 1.807) is 19.3 Å². The maximum Gasteiger partial charge on any atom is 0.133 e. The van der Waals surface area contributed by atoms with Crippen LogP contribution < -0.4 is 0 Å². The van der Waals surface area contributed by atoms with Crippen LogP contribution in [0.15, 0.2) is 24.5 Å². The van der Waals surface area contributed by atoms with Crippen LogP contribution >= 0.6 is 12.2 Å². The van der Waals surface area contributed by atoms with Gasteiger partial charge in [0.1, 0.15) is 10.5 Å². The fourth-order valence-corrected chi connectivity index (χ4v) is 2.44. The van der Waals surface area contributed by atoms with Crippen molar-refractivity contribution in [2.45, 2.75) is 26.7 Å². The molecule has 0 amide bonds. The first kappa shape index (κ1) is 12.9. The Balaban J connectivity index is 2.76. The summed E-state index contributed by atoms with van der Waals surface area (Å²) in [6.07, 6.45) is 1.56. The first-order valence-corrected chi connectivity index (χ1v) is 6.26. The molecule has 2 aromatic rings. The van der Waals surface area contributed by atoms with Crippen molar-refractivity contribution in [1.82, 2.24) is 9.97 Å². The van der Waals surface area contributed by atoms with Gasteiger partial charge in [0.15, 0.2) is 0 Å². The number of halogens is 1. The van der Waals surface area contributed by atoms with Gasteiger partial charge < -0.3 is 4.98 Å². The van der Waals surface area contributed by atoms with Crippen LogP contribution in [0.2, 0.25) is 0 Å². The fraction of sp³-hybridized carbons (Fsp3) is 0.286. The maximum absolute atomic E-state index is 13.6. The van der Waals surface area contributed by atoms with Gasteiger partial charge in [-0.2, -0.15) is 0 Å². The van der Waals surface area contributed by atoms with Crippen LogP contribution in [-0.4, -0.2) is 9.97 Å². The molecule has 0 radical (unpaired) electrons. The highest BCUT2D eigenvalue weighted by atomic mass is 32.1. The van der Waals surface area contributed by atoms with Crippen molar-refractivity contribution in [2.75, 3.05) is 0 Å². The van der Waals surface area contributed by atoms with Gasteiger partial charge in [-0.05, 0) is 24.5 Å². The van der Waals surface area contributed by atoms with Gasteiger partial charge in [-0.1, -0.05) is 38.2 Å². The minimum absolute atomic E-state index is 0.210. The first-order chi connectivity index (χ1) is 8.52. The lowest BCUT2D eigenvalue weighted by molar-refractivity contribution is 0.619. The van der Waals surface area contributed by atoms with Crippen molar-refractivity contribution < 1.29 is 4.39 Å². The highest BCUT2D eigenvalue weighted by molar-refractivity contribution is 7.71. The van der Waals surface area contributed by atoms with E-state index in [0.717, 1.165) is 16.8 Å². The standard InChI is InChI=1S/C14H15FN2S/c1-8(2)12-13(16-7-17-14(12)18)10-5-4-6-11(15)9(10)3/h4-8H,1-3H3,(H,16,17,18). The van der Waals surface area contributed by atoms with E-state index in [-0.39, 0.29) is 11.7 Å². The lowest BCUT2D eigenvalue weighted by Crippen LogP contribution is -2.00. The van der Waals surface area contributed by atoms with E-state index in [0.29, 0.717) is 10.2 Å². The topological polar surface area (TPSA) is 28.7 Å². The van der Waals surface area contributed by atoms with Crippen molar-refractivity contribution >= 4 is 12.2 Å². The summed E-state index contributed by atoms with van der Waals surface area (Å²) in [7, 11) is 0. The van der Waals surface area contributed by atoms with E-state index >= 15 is 0 Å². The van der Waals surface area contributed by atoms with Gasteiger partial charge in [0, 0.05) is 11.1 Å². The number of nitrogens with one attached hydrogen (secondary N) is 1. The number of aromatic nitrogens is 2. The highest BCUT2D eigenvalue weighted by Crippen LogP contribution is 2.30. The molecule has 2 rings (SSSR count). The van der Waals surface area contributed by atoms with E-state index in [9.17, 15) is 4.39 Å². The van der Waals surface area contributed by atoms with E-state index in [4.69, 9.17) is 12.2 Å². The normalized spacial score (nSPS) is 10.9. The van der Waals surface area contributed by atoms with Gasteiger partial charge in [-0.3, -0.25) is 0 Å². The molecule has 4 heteroatoms. The Hall–Kier alpha value is -1.55. The lowest BCUT2D eigenvalue weighted by atomic mass is 9.96. The molecule has 18 heavy (non-hydrogen) atoms. The third-order valence-corrected chi connectivity index (χ3v) is 3.33. The quantitative estimate of drug-likeness (QED) is 0.814. The minimum Gasteiger partial charge on any atom is -0.346 e. The summed E-state index contributed by atoms with van der Waals surface area (Å²) in [5, 5.41) is 0. The van der Waals surface area contributed by atoms with Crippen LogP contribution in [0.3, 0.4) is 0 Å². The summed E-state index contributed by atoms with van der Waals surface area (Å²) in [4.78, 5) is 7.20. The summed E-state index contributed by atoms with van der Waals surface area (Å²) in [6, 6.07) is 5.06. The summed E-state index contributed by atoms with van der Waals surface area (Å²) in [5.41, 5.74) is 3.28. The Labute approximate surface area is 111 Å². The van der Waals surface area contributed by atoms with Crippen LogP contribution in [0.5, 0.6) is 0 Å². The van der Waals surface area contributed by atoms with Crippen LogP contribution in [0, 0.1) is 17.4 Å². The fourth-order valence-electron chi connectivity index (χ4n) is 2.05. The second kappa shape index (κ2) is 4.98. The molecule has 0 saturated carbocycles. The molecule has 0 aliphatic heterocycles. The zero-order chi connectivity index (χ0) is 13.3. The Morgan fingerprint density at radius 3 is 2.72 bits per heavy atom. The zero-order valence-corrected chi connectivity index (χ0v) is 11.4.